The van der Waals surface area contributed by atoms with Crippen LogP contribution in [0.25, 0.3) is 0 Å². The van der Waals surface area contributed by atoms with Gasteiger partial charge in [0.05, 0.1) is 17.4 Å². The fourth-order valence-electron chi connectivity index (χ4n) is 2.70. The first-order chi connectivity index (χ1) is 11.6. The lowest BCUT2D eigenvalue weighted by Crippen LogP contribution is -2.24. The maximum Gasteiger partial charge on any atom is 0.138 e. The largest absolute Gasteiger partial charge is 0.361 e. The molecular formula is C19H20ClN3O. The van der Waals surface area contributed by atoms with Crippen LogP contribution in [0.15, 0.2) is 53.2 Å². The summed E-state index contributed by atoms with van der Waals surface area (Å²) in [5.41, 5.74) is 4.25. The van der Waals surface area contributed by atoms with E-state index in [1.54, 1.807) is 0 Å². The molecule has 5 heteroatoms. The molecule has 4 nitrogen and oxygen atoms in total. The molecule has 0 aliphatic rings. The maximum absolute atomic E-state index is 5.98. The molecule has 0 saturated carbocycles. The van der Waals surface area contributed by atoms with Crippen molar-refractivity contribution in [2.45, 2.75) is 32.9 Å². The van der Waals surface area contributed by atoms with Crippen LogP contribution in [-0.2, 0) is 13.0 Å². The van der Waals surface area contributed by atoms with Crippen LogP contribution >= 0.6 is 11.6 Å². The van der Waals surface area contributed by atoms with Crippen molar-refractivity contribution >= 4 is 11.6 Å². The number of benzene rings is 1. The molecule has 1 unspecified atom stereocenters. The summed E-state index contributed by atoms with van der Waals surface area (Å²) in [7, 11) is 0. The number of hydrogen-bond donors (Lipinski definition) is 1. The zero-order valence-electron chi connectivity index (χ0n) is 13.8. The topological polar surface area (TPSA) is 51.0 Å². The normalized spacial score (nSPS) is 12.3. The Bertz CT molecular complexity index is 765. The summed E-state index contributed by atoms with van der Waals surface area (Å²) >= 11 is 5.98. The minimum Gasteiger partial charge on any atom is -0.361 e. The van der Waals surface area contributed by atoms with E-state index in [2.05, 4.69) is 27.6 Å². The van der Waals surface area contributed by atoms with E-state index < -0.39 is 0 Å². The van der Waals surface area contributed by atoms with Crippen molar-refractivity contribution in [3.8, 4) is 0 Å². The second kappa shape index (κ2) is 7.60. The fraction of sp³-hybridized carbons (Fsp3) is 0.263. The van der Waals surface area contributed by atoms with Crippen LogP contribution in [0, 0.1) is 13.8 Å². The molecule has 0 radical (unpaired) electrons. The molecule has 0 aliphatic heterocycles. The van der Waals surface area contributed by atoms with Crippen LogP contribution in [0.4, 0.5) is 0 Å². The summed E-state index contributed by atoms with van der Waals surface area (Å²) < 4.78 is 5.24. The van der Waals surface area contributed by atoms with E-state index >= 15 is 0 Å². The third kappa shape index (κ3) is 4.02. The van der Waals surface area contributed by atoms with Crippen molar-refractivity contribution in [3.63, 3.8) is 0 Å². The molecule has 3 rings (SSSR count). The molecule has 1 aromatic carbocycles. The molecule has 0 saturated heterocycles. The number of halogens is 1. The molecule has 3 aromatic rings. The van der Waals surface area contributed by atoms with Crippen molar-refractivity contribution in [2.75, 3.05) is 0 Å². The quantitative estimate of drug-likeness (QED) is 0.721. The SMILES string of the molecule is Cc1noc(C)c1CNC(Cc1ccc(Cl)cc1)c1ccccn1. The van der Waals surface area contributed by atoms with E-state index in [1.165, 1.54) is 5.56 Å². The molecule has 2 heterocycles. The van der Waals surface area contributed by atoms with Crippen molar-refractivity contribution < 1.29 is 4.52 Å². The molecule has 0 aliphatic carbocycles. The summed E-state index contributed by atoms with van der Waals surface area (Å²) in [5, 5.41) is 8.35. The number of hydrogen-bond acceptors (Lipinski definition) is 4. The van der Waals surface area contributed by atoms with Gasteiger partial charge in [0.15, 0.2) is 0 Å². The highest BCUT2D eigenvalue weighted by atomic mass is 35.5. The third-order valence-electron chi connectivity index (χ3n) is 4.10. The van der Waals surface area contributed by atoms with Crippen molar-refractivity contribution in [1.82, 2.24) is 15.5 Å². The molecular weight excluding hydrogens is 322 g/mol. The Morgan fingerprint density at radius 3 is 2.54 bits per heavy atom. The Morgan fingerprint density at radius 2 is 1.92 bits per heavy atom. The Balaban J connectivity index is 1.78. The minimum atomic E-state index is 0.0982. The summed E-state index contributed by atoms with van der Waals surface area (Å²) in [4.78, 5) is 4.51. The lowest BCUT2D eigenvalue weighted by Gasteiger charge is -2.18. The zero-order chi connectivity index (χ0) is 16.9. The molecule has 0 spiro atoms. The highest BCUT2D eigenvalue weighted by Gasteiger charge is 2.16. The van der Waals surface area contributed by atoms with Gasteiger partial charge in [-0.2, -0.15) is 0 Å². The second-order valence-electron chi connectivity index (χ2n) is 5.82. The zero-order valence-corrected chi connectivity index (χ0v) is 14.5. The van der Waals surface area contributed by atoms with Gasteiger partial charge in [0, 0.05) is 23.3 Å². The van der Waals surface area contributed by atoms with Gasteiger partial charge in [-0.1, -0.05) is 35.0 Å². The van der Waals surface area contributed by atoms with Gasteiger partial charge in [-0.15, -0.1) is 0 Å². The van der Waals surface area contributed by atoms with Crippen molar-refractivity contribution in [2.24, 2.45) is 0 Å². The van der Waals surface area contributed by atoms with Crippen LogP contribution in [0.3, 0.4) is 0 Å². The van der Waals surface area contributed by atoms with Gasteiger partial charge in [-0.3, -0.25) is 4.98 Å². The van der Waals surface area contributed by atoms with E-state index in [-0.39, 0.29) is 6.04 Å². The number of nitrogens with zero attached hydrogens (tertiary/aromatic N) is 2. The first-order valence-electron chi connectivity index (χ1n) is 7.94. The molecule has 1 atom stereocenters. The molecule has 0 fully saturated rings. The highest BCUT2D eigenvalue weighted by Crippen LogP contribution is 2.20. The molecule has 1 N–H and O–H groups in total. The lowest BCUT2D eigenvalue weighted by atomic mass is 10.0. The number of pyridine rings is 1. The smallest absolute Gasteiger partial charge is 0.138 e. The second-order valence-corrected chi connectivity index (χ2v) is 6.26. The molecule has 0 bridgehead atoms. The number of rotatable bonds is 6. The Morgan fingerprint density at radius 1 is 1.12 bits per heavy atom. The van der Waals surface area contributed by atoms with Gasteiger partial charge >= 0.3 is 0 Å². The number of aryl methyl sites for hydroxylation is 2. The Hall–Kier alpha value is -2.17. The summed E-state index contributed by atoms with van der Waals surface area (Å²) in [6.07, 6.45) is 2.65. The fourth-order valence-corrected chi connectivity index (χ4v) is 2.83. The predicted molar refractivity (Wildman–Crippen MR) is 95.0 cm³/mol. The van der Waals surface area contributed by atoms with Crippen molar-refractivity contribution in [3.05, 3.63) is 82.0 Å². The van der Waals surface area contributed by atoms with Crippen LogP contribution < -0.4 is 5.32 Å². The molecule has 0 amide bonds. The van der Waals surface area contributed by atoms with Gasteiger partial charge in [0.25, 0.3) is 0 Å². The van der Waals surface area contributed by atoms with Crippen LogP contribution in [-0.4, -0.2) is 10.1 Å². The maximum atomic E-state index is 5.98. The minimum absolute atomic E-state index is 0.0982. The Kier molecular flexibility index (Phi) is 5.28. The van der Waals surface area contributed by atoms with E-state index in [0.29, 0.717) is 6.54 Å². The van der Waals surface area contributed by atoms with E-state index in [0.717, 1.165) is 34.2 Å². The number of aromatic nitrogens is 2. The van der Waals surface area contributed by atoms with Crippen LogP contribution in [0.2, 0.25) is 5.02 Å². The number of nitrogens with one attached hydrogen (secondary N) is 1. The molecule has 24 heavy (non-hydrogen) atoms. The Labute approximate surface area is 146 Å². The monoisotopic (exact) mass is 341 g/mol. The summed E-state index contributed by atoms with van der Waals surface area (Å²) in [6.45, 7) is 4.59. The molecule has 2 aromatic heterocycles. The predicted octanol–water partition coefficient (Wildman–Crippen LogP) is 4.41. The van der Waals surface area contributed by atoms with Gasteiger partial charge in [-0.05, 0) is 50.1 Å². The standard InChI is InChI=1S/C19H20ClN3O/c1-13-17(14(2)24-23-13)12-22-19(18-5-3-4-10-21-18)11-15-6-8-16(20)9-7-15/h3-10,19,22H,11-12H2,1-2H3. The van der Waals surface area contributed by atoms with E-state index in [1.807, 2.05) is 50.4 Å². The van der Waals surface area contributed by atoms with E-state index in [4.69, 9.17) is 16.1 Å². The lowest BCUT2D eigenvalue weighted by molar-refractivity contribution is 0.391. The van der Waals surface area contributed by atoms with E-state index in [9.17, 15) is 0 Å². The summed E-state index contributed by atoms with van der Waals surface area (Å²) in [5.74, 6) is 0.853. The van der Waals surface area contributed by atoms with Crippen LogP contribution in [0.5, 0.6) is 0 Å². The highest BCUT2D eigenvalue weighted by molar-refractivity contribution is 6.30. The van der Waals surface area contributed by atoms with Gasteiger partial charge in [0.2, 0.25) is 0 Å². The summed E-state index contributed by atoms with van der Waals surface area (Å²) in [6, 6.07) is 14.0. The third-order valence-corrected chi connectivity index (χ3v) is 4.36. The first kappa shape index (κ1) is 16.7. The van der Waals surface area contributed by atoms with Gasteiger partial charge < -0.3 is 9.84 Å². The average Bonchev–Trinajstić information content (AvgIpc) is 2.92. The van der Waals surface area contributed by atoms with Crippen LogP contribution in [0.1, 0.15) is 34.3 Å². The first-order valence-corrected chi connectivity index (χ1v) is 8.32. The molecule has 124 valence electrons. The van der Waals surface area contributed by atoms with Gasteiger partial charge in [0.1, 0.15) is 5.76 Å². The van der Waals surface area contributed by atoms with Gasteiger partial charge in [-0.25, -0.2) is 0 Å². The van der Waals surface area contributed by atoms with Crippen molar-refractivity contribution in [1.29, 1.82) is 0 Å². The average molecular weight is 342 g/mol.